The van der Waals surface area contributed by atoms with Crippen molar-refractivity contribution in [3.8, 4) is 0 Å². The highest BCUT2D eigenvalue weighted by Gasteiger charge is 2.25. The van der Waals surface area contributed by atoms with Gasteiger partial charge in [0, 0.05) is 52.3 Å². The first-order valence-corrected chi connectivity index (χ1v) is 8.91. The van der Waals surface area contributed by atoms with E-state index in [-0.39, 0.29) is 12.0 Å². The molecule has 2 rings (SSSR count). The van der Waals surface area contributed by atoms with Gasteiger partial charge >= 0.3 is 0 Å². The number of rotatable bonds is 7. The van der Waals surface area contributed by atoms with Crippen LogP contribution in [0.3, 0.4) is 0 Å². The maximum Gasteiger partial charge on any atom is 0.219 e. The Hall–Kier alpha value is -0.650. The van der Waals surface area contributed by atoms with Gasteiger partial charge in [0.1, 0.15) is 0 Å². The van der Waals surface area contributed by atoms with Crippen molar-refractivity contribution in [1.82, 2.24) is 14.7 Å². The van der Waals surface area contributed by atoms with E-state index in [9.17, 15) is 4.79 Å². The van der Waals surface area contributed by atoms with Crippen LogP contribution in [-0.4, -0.2) is 85.2 Å². The van der Waals surface area contributed by atoms with Gasteiger partial charge < -0.3 is 14.5 Å². The highest BCUT2D eigenvalue weighted by atomic mass is 16.5. The summed E-state index contributed by atoms with van der Waals surface area (Å²) >= 11 is 0. The second-order valence-electron chi connectivity index (χ2n) is 6.76. The average molecular weight is 311 g/mol. The summed E-state index contributed by atoms with van der Waals surface area (Å²) in [5, 5.41) is 0. The normalized spacial score (nSPS) is 23.7. The molecule has 1 unspecified atom stereocenters. The third kappa shape index (κ3) is 5.21. The summed E-state index contributed by atoms with van der Waals surface area (Å²) in [6, 6.07) is 0.417. The molecule has 0 aromatic carbocycles. The maximum atomic E-state index is 11.4. The lowest BCUT2D eigenvalue weighted by molar-refractivity contribution is -0.131. The van der Waals surface area contributed by atoms with Crippen LogP contribution in [0.15, 0.2) is 0 Å². The van der Waals surface area contributed by atoms with Gasteiger partial charge in [-0.05, 0) is 46.2 Å². The van der Waals surface area contributed by atoms with Crippen molar-refractivity contribution in [2.75, 3.05) is 52.4 Å². The minimum absolute atomic E-state index is 0.193. The number of amides is 1. The van der Waals surface area contributed by atoms with Gasteiger partial charge in [-0.25, -0.2) is 0 Å². The molecule has 0 bridgehead atoms. The molecule has 5 nitrogen and oxygen atoms in total. The largest absolute Gasteiger partial charge is 0.377 e. The Morgan fingerprint density at radius 3 is 2.27 bits per heavy atom. The van der Waals surface area contributed by atoms with Gasteiger partial charge in [0.25, 0.3) is 0 Å². The van der Waals surface area contributed by atoms with Gasteiger partial charge in [0.05, 0.1) is 6.10 Å². The van der Waals surface area contributed by atoms with Crippen LogP contribution in [0.2, 0.25) is 0 Å². The third-order valence-corrected chi connectivity index (χ3v) is 5.21. The average Bonchev–Trinajstić information content (AvgIpc) is 3.04. The molecule has 2 fully saturated rings. The first-order valence-electron chi connectivity index (χ1n) is 8.91. The zero-order chi connectivity index (χ0) is 15.9. The monoisotopic (exact) mass is 311 g/mol. The first-order chi connectivity index (χ1) is 10.6. The maximum absolute atomic E-state index is 11.4. The van der Waals surface area contributed by atoms with Gasteiger partial charge in [-0.15, -0.1) is 0 Å². The molecular weight excluding hydrogens is 278 g/mol. The third-order valence-electron chi connectivity index (χ3n) is 5.21. The molecule has 0 saturated carbocycles. The van der Waals surface area contributed by atoms with Crippen molar-refractivity contribution >= 4 is 5.91 Å². The molecule has 1 amide bonds. The fourth-order valence-corrected chi connectivity index (χ4v) is 3.44. The van der Waals surface area contributed by atoms with Crippen molar-refractivity contribution in [1.29, 1.82) is 0 Å². The number of carbonyl (C=O) groups excluding carboxylic acids is 1. The predicted octanol–water partition coefficient (Wildman–Crippen LogP) is 1.43. The molecule has 128 valence electrons. The number of piperazine rings is 1. The lowest BCUT2D eigenvalue weighted by atomic mass is 10.1. The summed E-state index contributed by atoms with van der Waals surface area (Å²) in [5.74, 6) is 0.193. The van der Waals surface area contributed by atoms with Crippen molar-refractivity contribution in [2.24, 2.45) is 0 Å². The Kier molecular flexibility index (Phi) is 7.12. The van der Waals surface area contributed by atoms with Crippen molar-refractivity contribution in [3.05, 3.63) is 0 Å². The summed E-state index contributed by atoms with van der Waals surface area (Å²) in [6.07, 6.45) is 4.11. The number of ether oxygens (including phenoxy) is 1. The van der Waals surface area contributed by atoms with E-state index >= 15 is 0 Å². The minimum Gasteiger partial charge on any atom is -0.377 e. The lowest BCUT2D eigenvalue weighted by Crippen LogP contribution is -2.53. The molecule has 0 aromatic heterocycles. The van der Waals surface area contributed by atoms with Crippen LogP contribution < -0.4 is 0 Å². The number of hydrogen-bond donors (Lipinski definition) is 0. The number of nitrogens with zero attached hydrogens (tertiary/aromatic N) is 3. The molecule has 0 N–H and O–H groups in total. The van der Waals surface area contributed by atoms with Crippen LogP contribution >= 0.6 is 0 Å². The van der Waals surface area contributed by atoms with E-state index in [1.807, 2.05) is 4.90 Å². The van der Waals surface area contributed by atoms with Crippen molar-refractivity contribution in [3.63, 3.8) is 0 Å². The molecule has 22 heavy (non-hydrogen) atoms. The van der Waals surface area contributed by atoms with Crippen LogP contribution in [0.5, 0.6) is 0 Å². The molecule has 0 spiro atoms. The van der Waals surface area contributed by atoms with Crippen LogP contribution in [0.25, 0.3) is 0 Å². The van der Waals surface area contributed by atoms with Crippen LogP contribution in [0, 0.1) is 0 Å². The number of likely N-dealkylation sites (tertiary alicyclic amines) is 1. The molecule has 0 radical (unpaired) electrons. The van der Waals surface area contributed by atoms with E-state index in [1.54, 1.807) is 6.92 Å². The minimum atomic E-state index is 0.193. The van der Waals surface area contributed by atoms with E-state index in [4.69, 9.17) is 4.74 Å². The Bertz CT molecular complexity index is 337. The fourth-order valence-electron chi connectivity index (χ4n) is 3.44. The van der Waals surface area contributed by atoms with E-state index in [2.05, 4.69) is 23.6 Å². The fraction of sp³-hybridized carbons (Fsp3) is 0.941. The summed E-state index contributed by atoms with van der Waals surface area (Å²) in [5.41, 5.74) is 0. The summed E-state index contributed by atoms with van der Waals surface area (Å²) in [7, 11) is 0. The smallest absolute Gasteiger partial charge is 0.219 e. The summed E-state index contributed by atoms with van der Waals surface area (Å²) in [6.45, 7) is 14.3. The Morgan fingerprint density at radius 2 is 1.68 bits per heavy atom. The quantitative estimate of drug-likeness (QED) is 0.667. The van der Waals surface area contributed by atoms with E-state index in [0.717, 1.165) is 39.2 Å². The zero-order valence-electron chi connectivity index (χ0n) is 14.6. The number of hydrogen-bond acceptors (Lipinski definition) is 4. The van der Waals surface area contributed by atoms with Crippen LogP contribution in [-0.2, 0) is 9.53 Å². The highest BCUT2D eigenvalue weighted by molar-refractivity contribution is 5.73. The molecule has 2 heterocycles. The second-order valence-corrected chi connectivity index (χ2v) is 6.76. The Morgan fingerprint density at radius 1 is 1.05 bits per heavy atom. The van der Waals surface area contributed by atoms with Gasteiger partial charge in [-0.3, -0.25) is 9.69 Å². The first kappa shape index (κ1) is 17.7. The standard InChI is InChI=1S/C17H33N3O2/c1-15(19-10-12-20(13-11-19)17(3)21)16(2)22-14-6-9-18-7-4-5-8-18/h15-16H,4-14H2,1-3H3/t15?,16-/m0/s1. The Balaban J connectivity index is 1.60. The van der Waals surface area contributed by atoms with Crippen molar-refractivity contribution in [2.45, 2.75) is 52.2 Å². The van der Waals surface area contributed by atoms with E-state index in [0.29, 0.717) is 6.04 Å². The molecule has 2 aliphatic rings. The van der Waals surface area contributed by atoms with E-state index in [1.165, 1.54) is 32.5 Å². The molecular formula is C17H33N3O2. The Labute approximate surface area is 135 Å². The predicted molar refractivity (Wildman–Crippen MR) is 89.0 cm³/mol. The highest BCUT2D eigenvalue weighted by Crippen LogP contribution is 2.13. The van der Waals surface area contributed by atoms with Gasteiger partial charge in [0.2, 0.25) is 5.91 Å². The lowest BCUT2D eigenvalue weighted by Gasteiger charge is -2.39. The molecule has 0 aromatic rings. The SMILES string of the molecule is CC(=O)N1CCN(C(C)[C@H](C)OCCCN2CCCC2)CC1. The topological polar surface area (TPSA) is 36.0 Å². The van der Waals surface area contributed by atoms with Gasteiger partial charge in [-0.1, -0.05) is 0 Å². The molecule has 2 atom stereocenters. The zero-order valence-corrected chi connectivity index (χ0v) is 14.6. The van der Waals surface area contributed by atoms with Crippen LogP contribution in [0.4, 0.5) is 0 Å². The number of carbonyl (C=O) groups is 1. The second kappa shape index (κ2) is 8.85. The molecule has 0 aliphatic carbocycles. The van der Waals surface area contributed by atoms with Crippen LogP contribution in [0.1, 0.15) is 40.0 Å². The molecule has 5 heteroatoms. The molecule has 2 aliphatic heterocycles. The van der Waals surface area contributed by atoms with Gasteiger partial charge in [0.15, 0.2) is 0 Å². The summed E-state index contributed by atoms with van der Waals surface area (Å²) < 4.78 is 6.04. The van der Waals surface area contributed by atoms with Crippen molar-refractivity contribution < 1.29 is 9.53 Å². The molecule has 2 saturated heterocycles. The summed E-state index contributed by atoms with van der Waals surface area (Å²) in [4.78, 5) is 18.3. The van der Waals surface area contributed by atoms with E-state index < -0.39 is 0 Å². The van der Waals surface area contributed by atoms with Gasteiger partial charge in [-0.2, -0.15) is 0 Å².